The molecule has 0 aliphatic carbocycles. The number of carbonyl (C=O) groups excluding carboxylic acids is 1. The number of hydrogen-bond acceptors (Lipinski definition) is 2. The van der Waals surface area contributed by atoms with Crippen molar-refractivity contribution in [3.8, 4) is 0 Å². The van der Waals surface area contributed by atoms with E-state index < -0.39 is 0 Å². The lowest BCUT2D eigenvalue weighted by Crippen LogP contribution is -2.37. The maximum absolute atomic E-state index is 11.4. The fourth-order valence-corrected chi connectivity index (χ4v) is 1.03. The van der Waals surface area contributed by atoms with Crippen LogP contribution in [0.1, 0.15) is 33.6 Å². The van der Waals surface area contributed by atoms with E-state index in [9.17, 15) is 4.79 Å². The normalized spacial score (nSPS) is 13.0. The third kappa shape index (κ3) is 9.41. The van der Waals surface area contributed by atoms with Crippen LogP contribution in [0, 0.1) is 0 Å². The first kappa shape index (κ1) is 15.5. The van der Waals surface area contributed by atoms with Crippen LogP contribution in [0.15, 0.2) is 17.1 Å². The molecule has 0 heterocycles. The molecule has 0 aliphatic heterocycles. The molecule has 5 heteroatoms. The molecular formula is C12H24N4O. The molecule has 0 aromatic rings. The average molecular weight is 240 g/mol. The summed E-state index contributed by atoms with van der Waals surface area (Å²) in [6, 6.07) is 0.219. The smallest absolute Gasteiger partial charge is 0.221 e. The van der Waals surface area contributed by atoms with Crippen molar-refractivity contribution >= 4 is 11.9 Å². The minimum atomic E-state index is 0.0274. The number of aliphatic imine (C=N–C) groups is 1. The van der Waals surface area contributed by atoms with Crippen molar-refractivity contribution in [2.75, 3.05) is 13.1 Å². The molecule has 1 atom stereocenters. The highest BCUT2D eigenvalue weighted by Gasteiger charge is 2.04. The second-order valence-corrected chi connectivity index (χ2v) is 4.21. The monoisotopic (exact) mass is 240 g/mol. The summed E-state index contributed by atoms with van der Waals surface area (Å²) in [5.41, 5.74) is 6.55. The van der Waals surface area contributed by atoms with Gasteiger partial charge in [-0.1, -0.05) is 19.1 Å². The quantitative estimate of drug-likeness (QED) is 0.349. The van der Waals surface area contributed by atoms with Crippen LogP contribution in [0.25, 0.3) is 0 Å². The predicted octanol–water partition coefficient (Wildman–Crippen LogP) is 0.772. The Hall–Kier alpha value is -1.52. The lowest BCUT2D eigenvalue weighted by Gasteiger charge is -2.11. The molecule has 17 heavy (non-hydrogen) atoms. The molecule has 4 N–H and O–H groups in total. The molecule has 0 aliphatic rings. The van der Waals surface area contributed by atoms with E-state index in [1.165, 1.54) is 0 Å². The molecule has 0 aromatic carbocycles. The Morgan fingerprint density at radius 3 is 2.71 bits per heavy atom. The SMILES string of the molecule is C=C(C)CN=C(N)NCCC(=O)NC(C)CC. The van der Waals surface area contributed by atoms with Crippen LogP contribution >= 0.6 is 0 Å². The van der Waals surface area contributed by atoms with Crippen molar-refractivity contribution < 1.29 is 4.79 Å². The van der Waals surface area contributed by atoms with Gasteiger partial charge in [-0.2, -0.15) is 0 Å². The largest absolute Gasteiger partial charge is 0.370 e. The predicted molar refractivity (Wildman–Crippen MR) is 71.8 cm³/mol. The zero-order valence-corrected chi connectivity index (χ0v) is 11.0. The van der Waals surface area contributed by atoms with Gasteiger partial charge in [0, 0.05) is 19.0 Å². The third-order valence-corrected chi connectivity index (χ3v) is 2.20. The van der Waals surface area contributed by atoms with Crippen LogP contribution in [-0.4, -0.2) is 31.0 Å². The first-order valence-electron chi connectivity index (χ1n) is 5.93. The Kier molecular flexibility index (Phi) is 7.84. The number of amides is 1. The summed E-state index contributed by atoms with van der Waals surface area (Å²) in [6.07, 6.45) is 1.33. The Labute approximate surface area is 104 Å². The minimum absolute atomic E-state index is 0.0274. The van der Waals surface area contributed by atoms with E-state index >= 15 is 0 Å². The van der Waals surface area contributed by atoms with Gasteiger partial charge < -0.3 is 16.4 Å². The Morgan fingerprint density at radius 2 is 2.18 bits per heavy atom. The number of guanidine groups is 1. The van der Waals surface area contributed by atoms with Crippen LogP contribution < -0.4 is 16.4 Å². The number of nitrogens with one attached hydrogen (secondary N) is 2. The summed E-state index contributed by atoms with van der Waals surface area (Å²) < 4.78 is 0. The molecule has 0 aromatic heterocycles. The van der Waals surface area contributed by atoms with E-state index in [1.54, 1.807) is 0 Å². The highest BCUT2D eigenvalue weighted by atomic mass is 16.1. The van der Waals surface area contributed by atoms with Crippen molar-refractivity contribution in [2.24, 2.45) is 10.7 Å². The van der Waals surface area contributed by atoms with Crippen molar-refractivity contribution in [1.29, 1.82) is 0 Å². The molecule has 0 saturated carbocycles. The molecule has 0 radical (unpaired) electrons. The molecular weight excluding hydrogens is 216 g/mol. The van der Waals surface area contributed by atoms with Gasteiger partial charge in [0.05, 0.1) is 6.54 Å². The minimum Gasteiger partial charge on any atom is -0.370 e. The van der Waals surface area contributed by atoms with Crippen LogP contribution in [0.3, 0.4) is 0 Å². The zero-order chi connectivity index (χ0) is 13.3. The number of nitrogens with zero attached hydrogens (tertiary/aromatic N) is 1. The summed E-state index contributed by atoms with van der Waals surface area (Å²) in [5.74, 6) is 0.379. The van der Waals surface area contributed by atoms with Crippen molar-refractivity contribution in [1.82, 2.24) is 10.6 Å². The summed E-state index contributed by atoms with van der Waals surface area (Å²) in [4.78, 5) is 15.5. The van der Waals surface area contributed by atoms with Gasteiger partial charge in [-0.05, 0) is 20.3 Å². The molecule has 0 fully saturated rings. The zero-order valence-electron chi connectivity index (χ0n) is 11.0. The van der Waals surface area contributed by atoms with Gasteiger partial charge in [0.15, 0.2) is 5.96 Å². The van der Waals surface area contributed by atoms with Crippen LogP contribution in [0.4, 0.5) is 0 Å². The molecule has 0 rings (SSSR count). The van der Waals surface area contributed by atoms with Crippen molar-refractivity contribution in [2.45, 2.75) is 39.7 Å². The van der Waals surface area contributed by atoms with Gasteiger partial charge in [0.25, 0.3) is 0 Å². The van der Waals surface area contributed by atoms with E-state index in [0.29, 0.717) is 25.5 Å². The molecule has 98 valence electrons. The molecule has 1 amide bonds. The van der Waals surface area contributed by atoms with E-state index in [-0.39, 0.29) is 11.9 Å². The molecule has 0 saturated heterocycles. The first-order valence-corrected chi connectivity index (χ1v) is 5.93. The van der Waals surface area contributed by atoms with E-state index in [1.807, 2.05) is 20.8 Å². The summed E-state index contributed by atoms with van der Waals surface area (Å²) in [6.45, 7) is 10.6. The second kappa shape index (κ2) is 8.61. The summed E-state index contributed by atoms with van der Waals surface area (Å²) in [5, 5.41) is 5.77. The van der Waals surface area contributed by atoms with Crippen LogP contribution in [0.5, 0.6) is 0 Å². The second-order valence-electron chi connectivity index (χ2n) is 4.21. The lowest BCUT2D eigenvalue weighted by molar-refractivity contribution is -0.121. The van der Waals surface area contributed by atoms with Gasteiger partial charge >= 0.3 is 0 Å². The fraction of sp³-hybridized carbons (Fsp3) is 0.667. The van der Waals surface area contributed by atoms with Crippen molar-refractivity contribution in [3.05, 3.63) is 12.2 Å². The van der Waals surface area contributed by atoms with Gasteiger partial charge in [0.2, 0.25) is 5.91 Å². The molecule has 1 unspecified atom stereocenters. The molecule has 0 bridgehead atoms. The topological polar surface area (TPSA) is 79.5 Å². The van der Waals surface area contributed by atoms with Gasteiger partial charge in [-0.25, -0.2) is 4.99 Å². The number of hydrogen-bond donors (Lipinski definition) is 3. The highest BCUT2D eigenvalue weighted by Crippen LogP contribution is 1.89. The first-order chi connectivity index (χ1) is 7.95. The highest BCUT2D eigenvalue weighted by molar-refractivity contribution is 5.80. The summed E-state index contributed by atoms with van der Waals surface area (Å²) >= 11 is 0. The lowest BCUT2D eigenvalue weighted by atomic mass is 10.2. The van der Waals surface area contributed by atoms with Crippen molar-refractivity contribution in [3.63, 3.8) is 0 Å². The Morgan fingerprint density at radius 1 is 1.53 bits per heavy atom. The molecule has 0 spiro atoms. The number of nitrogens with two attached hydrogens (primary N) is 1. The number of carbonyl (C=O) groups is 1. The van der Waals surface area contributed by atoms with Gasteiger partial charge in [0.1, 0.15) is 0 Å². The third-order valence-electron chi connectivity index (χ3n) is 2.20. The van der Waals surface area contributed by atoms with Gasteiger partial charge in [-0.15, -0.1) is 0 Å². The summed E-state index contributed by atoms with van der Waals surface area (Å²) in [7, 11) is 0. The Balaban J connectivity index is 3.72. The van der Waals surface area contributed by atoms with Crippen LogP contribution in [0.2, 0.25) is 0 Å². The Bertz CT molecular complexity index is 286. The number of rotatable bonds is 7. The average Bonchev–Trinajstić information content (AvgIpc) is 2.26. The van der Waals surface area contributed by atoms with E-state index in [2.05, 4.69) is 22.2 Å². The van der Waals surface area contributed by atoms with E-state index in [0.717, 1.165) is 12.0 Å². The fourth-order valence-electron chi connectivity index (χ4n) is 1.03. The maximum Gasteiger partial charge on any atom is 0.221 e. The maximum atomic E-state index is 11.4. The van der Waals surface area contributed by atoms with Crippen LogP contribution in [-0.2, 0) is 4.79 Å². The van der Waals surface area contributed by atoms with E-state index in [4.69, 9.17) is 5.73 Å². The van der Waals surface area contributed by atoms with Gasteiger partial charge in [-0.3, -0.25) is 4.79 Å². The standard InChI is InChI=1S/C12H24N4O/c1-5-10(4)16-11(17)6-7-14-12(13)15-8-9(2)3/h10H,2,5-8H2,1,3-4H3,(H,16,17)(H3,13,14,15). The molecule has 5 nitrogen and oxygen atoms in total.